The van der Waals surface area contributed by atoms with E-state index in [9.17, 15) is 9.59 Å². The Morgan fingerprint density at radius 3 is 2.70 bits per heavy atom. The Bertz CT molecular complexity index is 677. The molecule has 0 aliphatic carbocycles. The van der Waals surface area contributed by atoms with Crippen LogP contribution in [0.3, 0.4) is 0 Å². The number of hydrogen-bond acceptors (Lipinski definition) is 4. The predicted octanol–water partition coefficient (Wildman–Crippen LogP) is 3.48. The van der Waals surface area contributed by atoms with E-state index < -0.39 is 5.97 Å². The van der Waals surface area contributed by atoms with Crippen molar-refractivity contribution in [1.82, 2.24) is 5.32 Å². The zero-order valence-corrected chi connectivity index (χ0v) is 14.1. The van der Waals surface area contributed by atoms with Crippen molar-refractivity contribution in [2.45, 2.75) is 13.0 Å². The number of furan rings is 1. The number of esters is 1. The van der Waals surface area contributed by atoms with E-state index in [1.807, 2.05) is 31.2 Å². The van der Waals surface area contributed by atoms with Gasteiger partial charge in [0.15, 0.2) is 6.61 Å². The molecule has 120 valence electrons. The quantitative estimate of drug-likeness (QED) is 0.617. The van der Waals surface area contributed by atoms with Gasteiger partial charge in [-0.25, -0.2) is 4.79 Å². The standard InChI is InChI=1S/C17H16BrNO4/c1-12(13-4-6-14(18)7-5-13)19-16(20)11-23-17(21)9-8-15-3-2-10-22-15/h2-10,12H,11H2,1H3,(H,19,20)/b9-8+/t12-/m1/s1. The van der Waals surface area contributed by atoms with Crippen LogP contribution in [-0.2, 0) is 14.3 Å². The van der Waals surface area contributed by atoms with Crippen molar-refractivity contribution in [3.8, 4) is 0 Å². The smallest absolute Gasteiger partial charge is 0.331 e. The highest BCUT2D eigenvalue weighted by Gasteiger charge is 2.11. The number of hydrogen-bond donors (Lipinski definition) is 1. The van der Waals surface area contributed by atoms with Gasteiger partial charge in [0, 0.05) is 10.5 Å². The van der Waals surface area contributed by atoms with Crippen molar-refractivity contribution in [3.63, 3.8) is 0 Å². The molecule has 0 aliphatic heterocycles. The number of carbonyl (C=O) groups is 2. The Morgan fingerprint density at radius 1 is 1.30 bits per heavy atom. The van der Waals surface area contributed by atoms with Crippen LogP contribution in [0.2, 0.25) is 0 Å². The van der Waals surface area contributed by atoms with E-state index >= 15 is 0 Å². The van der Waals surface area contributed by atoms with Gasteiger partial charge in [0.1, 0.15) is 5.76 Å². The van der Waals surface area contributed by atoms with Crippen molar-refractivity contribution in [2.75, 3.05) is 6.61 Å². The van der Waals surface area contributed by atoms with Gasteiger partial charge in [0.2, 0.25) is 0 Å². The molecule has 1 amide bonds. The molecular formula is C17H16BrNO4. The molecule has 0 aliphatic rings. The Hall–Kier alpha value is -2.34. The fourth-order valence-electron chi connectivity index (χ4n) is 1.84. The molecule has 1 aromatic carbocycles. The molecule has 0 bridgehead atoms. The topological polar surface area (TPSA) is 68.5 Å². The molecule has 1 aromatic heterocycles. The summed E-state index contributed by atoms with van der Waals surface area (Å²) in [6.07, 6.45) is 4.19. The van der Waals surface area contributed by atoms with E-state index in [4.69, 9.17) is 9.15 Å². The van der Waals surface area contributed by atoms with Gasteiger partial charge in [-0.3, -0.25) is 4.79 Å². The van der Waals surface area contributed by atoms with Gasteiger partial charge < -0.3 is 14.5 Å². The molecule has 0 spiro atoms. The molecule has 0 saturated carbocycles. The first-order chi connectivity index (χ1) is 11.0. The number of nitrogens with one attached hydrogen (secondary N) is 1. The molecule has 23 heavy (non-hydrogen) atoms. The van der Waals surface area contributed by atoms with Crippen LogP contribution in [0.4, 0.5) is 0 Å². The van der Waals surface area contributed by atoms with Crippen molar-refractivity contribution >= 4 is 33.9 Å². The summed E-state index contributed by atoms with van der Waals surface area (Å²) in [6, 6.07) is 10.9. The van der Waals surface area contributed by atoms with Crippen LogP contribution in [0.15, 0.2) is 57.6 Å². The van der Waals surface area contributed by atoms with Gasteiger partial charge in [-0.05, 0) is 42.8 Å². The van der Waals surface area contributed by atoms with E-state index in [2.05, 4.69) is 21.2 Å². The number of ether oxygens (including phenoxy) is 1. The molecule has 0 saturated heterocycles. The SMILES string of the molecule is C[C@@H](NC(=O)COC(=O)/C=C/c1ccco1)c1ccc(Br)cc1. The number of amides is 1. The third-order valence-corrected chi connectivity index (χ3v) is 3.55. The van der Waals surface area contributed by atoms with Crippen LogP contribution in [0.25, 0.3) is 6.08 Å². The largest absolute Gasteiger partial charge is 0.465 e. The van der Waals surface area contributed by atoms with Gasteiger partial charge >= 0.3 is 5.97 Å². The fourth-order valence-corrected chi connectivity index (χ4v) is 2.10. The zero-order chi connectivity index (χ0) is 16.7. The summed E-state index contributed by atoms with van der Waals surface area (Å²) in [5.74, 6) is -0.428. The lowest BCUT2D eigenvalue weighted by atomic mass is 10.1. The van der Waals surface area contributed by atoms with E-state index in [1.54, 1.807) is 12.1 Å². The second kappa shape index (κ2) is 8.33. The predicted molar refractivity (Wildman–Crippen MR) is 89.4 cm³/mol. The summed E-state index contributed by atoms with van der Waals surface area (Å²) in [5, 5.41) is 2.77. The number of carbonyl (C=O) groups excluding carboxylic acids is 2. The van der Waals surface area contributed by atoms with E-state index in [-0.39, 0.29) is 18.6 Å². The lowest BCUT2D eigenvalue weighted by Crippen LogP contribution is -2.30. The molecule has 1 heterocycles. The molecule has 6 heteroatoms. The highest BCUT2D eigenvalue weighted by molar-refractivity contribution is 9.10. The van der Waals surface area contributed by atoms with Gasteiger partial charge in [0.05, 0.1) is 12.3 Å². The lowest BCUT2D eigenvalue weighted by Gasteiger charge is -2.14. The maximum Gasteiger partial charge on any atom is 0.331 e. The van der Waals surface area contributed by atoms with Crippen LogP contribution in [0.1, 0.15) is 24.3 Å². The van der Waals surface area contributed by atoms with Crippen molar-refractivity contribution in [3.05, 3.63) is 64.5 Å². The fraction of sp³-hybridized carbons (Fsp3) is 0.176. The zero-order valence-electron chi connectivity index (χ0n) is 12.5. The van der Waals surface area contributed by atoms with E-state index in [0.717, 1.165) is 10.0 Å². The van der Waals surface area contributed by atoms with E-state index in [1.165, 1.54) is 18.4 Å². The average molecular weight is 378 g/mol. The second-order valence-corrected chi connectivity index (χ2v) is 5.71. The summed E-state index contributed by atoms with van der Waals surface area (Å²) >= 11 is 3.36. The summed E-state index contributed by atoms with van der Waals surface area (Å²) in [7, 11) is 0. The molecule has 2 aromatic rings. The number of benzene rings is 1. The number of halogens is 1. The van der Waals surface area contributed by atoms with E-state index in [0.29, 0.717) is 5.76 Å². The van der Waals surface area contributed by atoms with Crippen LogP contribution < -0.4 is 5.32 Å². The average Bonchev–Trinajstić information content (AvgIpc) is 3.05. The van der Waals surface area contributed by atoms with Crippen LogP contribution >= 0.6 is 15.9 Å². The minimum absolute atomic E-state index is 0.173. The molecule has 0 fully saturated rings. The van der Waals surface area contributed by atoms with Gasteiger partial charge in [0.25, 0.3) is 5.91 Å². The van der Waals surface area contributed by atoms with Gasteiger partial charge in [-0.1, -0.05) is 28.1 Å². The summed E-state index contributed by atoms with van der Waals surface area (Å²) in [5.41, 5.74) is 0.964. The lowest BCUT2D eigenvalue weighted by molar-refractivity contribution is -0.144. The summed E-state index contributed by atoms with van der Waals surface area (Å²) in [4.78, 5) is 23.3. The summed E-state index contributed by atoms with van der Waals surface area (Å²) in [6.45, 7) is 1.53. The minimum Gasteiger partial charge on any atom is -0.465 e. The molecule has 1 N–H and O–H groups in total. The van der Waals surface area contributed by atoms with Crippen molar-refractivity contribution in [2.24, 2.45) is 0 Å². The van der Waals surface area contributed by atoms with Gasteiger partial charge in [-0.2, -0.15) is 0 Å². The molecular weight excluding hydrogens is 362 g/mol. The van der Waals surface area contributed by atoms with Crippen LogP contribution in [0.5, 0.6) is 0 Å². The molecule has 0 unspecified atom stereocenters. The Kier molecular flexibility index (Phi) is 6.17. The maximum absolute atomic E-state index is 11.8. The summed E-state index contributed by atoms with van der Waals surface area (Å²) < 4.78 is 10.9. The first-order valence-electron chi connectivity index (χ1n) is 6.98. The van der Waals surface area contributed by atoms with Gasteiger partial charge in [-0.15, -0.1) is 0 Å². The second-order valence-electron chi connectivity index (χ2n) is 4.80. The first-order valence-corrected chi connectivity index (χ1v) is 7.77. The Morgan fingerprint density at radius 2 is 2.04 bits per heavy atom. The normalized spacial score (nSPS) is 12.1. The van der Waals surface area contributed by atoms with Crippen molar-refractivity contribution in [1.29, 1.82) is 0 Å². The van der Waals surface area contributed by atoms with Crippen LogP contribution in [-0.4, -0.2) is 18.5 Å². The molecule has 5 nitrogen and oxygen atoms in total. The molecule has 1 atom stereocenters. The molecule has 2 rings (SSSR count). The van der Waals surface area contributed by atoms with Crippen molar-refractivity contribution < 1.29 is 18.7 Å². The Balaban J connectivity index is 1.76. The first kappa shape index (κ1) is 17.0. The Labute approximate surface area is 142 Å². The minimum atomic E-state index is -0.604. The highest BCUT2D eigenvalue weighted by atomic mass is 79.9. The monoisotopic (exact) mass is 377 g/mol. The number of rotatable bonds is 6. The highest BCUT2D eigenvalue weighted by Crippen LogP contribution is 2.16. The van der Waals surface area contributed by atoms with Crippen LogP contribution in [0, 0.1) is 0 Å². The molecule has 0 radical (unpaired) electrons. The third kappa shape index (κ3) is 5.75. The maximum atomic E-state index is 11.8. The third-order valence-electron chi connectivity index (χ3n) is 3.02.